The molecule has 0 fully saturated rings. The monoisotopic (exact) mass is 314 g/mol. The highest BCUT2D eigenvalue weighted by molar-refractivity contribution is 5.94. The van der Waals surface area contributed by atoms with Gasteiger partial charge in [-0.2, -0.15) is 5.10 Å². The Labute approximate surface area is 140 Å². The second kappa shape index (κ2) is 5.89. The Morgan fingerprint density at radius 2 is 1.79 bits per heavy atom. The van der Waals surface area contributed by atoms with Gasteiger partial charge in [0.25, 0.3) is 0 Å². The quantitative estimate of drug-likeness (QED) is 0.616. The predicted octanol–water partition coefficient (Wildman–Crippen LogP) is 4.23. The number of aryl methyl sites for hydroxylation is 2. The van der Waals surface area contributed by atoms with Crippen molar-refractivity contribution in [3.05, 3.63) is 77.1 Å². The zero-order valence-corrected chi connectivity index (χ0v) is 13.7. The van der Waals surface area contributed by atoms with Gasteiger partial charge in [-0.15, -0.1) is 0 Å². The van der Waals surface area contributed by atoms with E-state index in [1.807, 2.05) is 32.2 Å². The second-order valence-electron chi connectivity index (χ2n) is 6.04. The minimum Gasteiger partial charge on any atom is -0.277 e. The third-order valence-electron chi connectivity index (χ3n) is 4.35. The maximum atomic E-state index is 4.62. The number of benzene rings is 2. The van der Waals surface area contributed by atoms with Crippen molar-refractivity contribution in [1.29, 1.82) is 0 Å². The SMILES string of the molecule is Cc1cnc(-c2n[nH]c3cccc(Cc4ccccc4)c23)nc1C. The molecule has 4 rings (SSSR count). The summed E-state index contributed by atoms with van der Waals surface area (Å²) < 4.78 is 0. The van der Waals surface area contributed by atoms with Crippen molar-refractivity contribution < 1.29 is 0 Å². The van der Waals surface area contributed by atoms with E-state index in [0.717, 1.165) is 34.3 Å². The van der Waals surface area contributed by atoms with Gasteiger partial charge in [0, 0.05) is 17.3 Å². The number of nitrogens with zero attached hydrogens (tertiary/aromatic N) is 3. The highest BCUT2D eigenvalue weighted by Crippen LogP contribution is 2.28. The van der Waals surface area contributed by atoms with Gasteiger partial charge < -0.3 is 0 Å². The molecule has 1 N–H and O–H groups in total. The smallest absolute Gasteiger partial charge is 0.180 e. The Hall–Kier alpha value is -3.01. The van der Waals surface area contributed by atoms with E-state index in [-0.39, 0.29) is 0 Å². The van der Waals surface area contributed by atoms with Gasteiger partial charge in [0.05, 0.1) is 5.52 Å². The van der Waals surface area contributed by atoms with Crippen LogP contribution in [0.4, 0.5) is 0 Å². The van der Waals surface area contributed by atoms with Gasteiger partial charge in [-0.3, -0.25) is 5.10 Å². The lowest BCUT2D eigenvalue weighted by Crippen LogP contribution is -1.96. The molecule has 0 spiro atoms. The number of nitrogens with one attached hydrogen (secondary N) is 1. The van der Waals surface area contributed by atoms with Gasteiger partial charge in [0.1, 0.15) is 5.69 Å². The maximum Gasteiger partial charge on any atom is 0.180 e. The molecule has 2 aromatic heterocycles. The van der Waals surface area contributed by atoms with Gasteiger partial charge in [0.15, 0.2) is 5.82 Å². The summed E-state index contributed by atoms with van der Waals surface area (Å²) in [6.45, 7) is 4.02. The summed E-state index contributed by atoms with van der Waals surface area (Å²) in [6, 6.07) is 16.7. The standard InChI is InChI=1S/C20H18N4/c1-13-12-21-20(22-14(13)2)19-18-16(9-6-10-17(18)23-24-19)11-15-7-4-3-5-8-15/h3-10,12H,11H2,1-2H3,(H,23,24). The topological polar surface area (TPSA) is 54.5 Å². The lowest BCUT2D eigenvalue weighted by Gasteiger charge is -2.06. The normalized spacial score (nSPS) is 11.1. The van der Waals surface area contributed by atoms with E-state index in [0.29, 0.717) is 5.82 Å². The molecule has 4 heteroatoms. The zero-order chi connectivity index (χ0) is 16.5. The molecular formula is C20H18N4. The third kappa shape index (κ3) is 2.56. The van der Waals surface area contributed by atoms with Crippen molar-refractivity contribution >= 4 is 10.9 Å². The van der Waals surface area contributed by atoms with E-state index in [2.05, 4.69) is 56.6 Å². The first-order valence-corrected chi connectivity index (χ1v) is 8.03. The number of H-pyrrole nitrogens is 1. The van der Waals surface area contributed by atoms with Crippen LogP contribution in [0.3, 0.4) is 0 Å². The molecule has 118 valence electrons. The Morgan fingerprint density at radius 1 is 0.958 bits per heavy atom. The summed E-state index contributed by atoms with van der Waals surface area (Å²) in [5, 5.41) is 8.71. The van der Waals surface area contributed by atoms with Crippen molar-refractivity contribution in [2.45, 2.75) is 20.3 Å². The molecule has 0 atom stereocenters. The molecule has 4 nitrogen and oxygen atoms in total. The molecule has 0 unspecified atom stereocenters. The lowest BCUT2D eigenvalue weighted by molar-refractivity contribution is 1.04. The first-order valence-electron chi connectivity index (χ1n) is 8.03. The summed E-state index contributed by atoms with van der Waals surface area (Å²) in [6.07, 6.45) is 2.72. The van der Waals surface area contributed by atoms with Crippen LogP contribution < -0.4 is 0 Å². The van der Waals surface area contributed by atoms with Gasteiger partial charge >= 0.3 is 0 Å². The highest BCUT2D eigenvalue weighted by atomic mass is 15.1. The molecule has 0 saturated carbocycles. The van der Waals surface area contributed by atoms with Crippen LogP contribution in [0.25, 0.3) is 22.4 Å². The van der Waals surface area contributed by atoms with Crippen molar-refractivity contribution in [3.8, 4) is 11.5 Å². The van der Waals surface area contributed by atoms with Crippen molar-refractivity contribution in [1.82, 2.24) is 20.2 Å². The van der Waals surface area contributed by atoms with Gasteiger partial charge in [-0.05, 0) is 43.0 Å². The van der Waals surface area contributed by atoms with E-state index in [9.17, 15) is 0 Å². The second-order valence-corrected chi connectivity index (χ2v) is 6.04. The number of rotatable bonds is 3. The summed E-state index contributed by atoms with van der Waals surface area (Å²) >= 11 is 0. The Balaban J connectivity index is 1.86. The highest BCUT2D eigenvalue weighted by Gasteiger charge is 2.15. The van der Waals surface area contributed by atoms with Crippen LogP contribution in [0.1, 0.15) is 22.4 Å². The first-order chi connectivity index (χ1) is 11.7. The minimum absolute atomic E-state index is 0.671. The molecule has 24 heavy (non-hydrogen) atoms. The molecule has 0 aliphatic rings. The van der Waals surface area contributed by atoms with E-state index in [1.54, 1.807) is 0 Å². The Bertz CT molecular complexity index is 1000. The minimum atomic E-state index is 0.671. The fourth-order valence-electron chi connectivity index (χ4n) is 2.91. The lowest BCUT2D eigenvalue weighted by atomic mass is 10.00. The van der Waals surface area contributed by atoms with E-state index in [1.165, 1.54) is 11.1 Å². The van der Waals surface area contributed by atoms with Crippen molar-refractivity contribution in [2.75, 3.05) is 0 Å². The summed E-state index contributed by atoms with van der Waals surface area (Å²) in [4.78, 5) is 9.11. The van der Waals surface area contributed by atoms with E-state index < -0.39 is 0 Å². The van der Waals surface area contributed by atoms with Crippen LogP contribution >= 0.6 is 0 Å². The van der Waals surface area contributed by atoms with Crippen LogP contribution in [0, 0.1) is 13.8 Å². The molecule has 0 aliphatic heterocycles. The number of aromatic amines is 1. The Kier molecular flexibility index (Phi) is 3.58. The number of fused-ring (bicyclic) bond motifs is 1. The molecule has 0 bridgehead atoms. The maximum absolute atomic E-state index is 4.62. The van der Waals surface area contributed by atoms with Crippen LogP contribution in [0.5, 0.6) is 0 Å². The fourth-order valence-corrected chi connectivity index (χ4v) is 2.91. The van der Waals surface area contributed by atoms with Crippen molar-refractivity contribution in [3.63, 3.8) is 0 Å². The van der Waals surface area contributed by atoms with Crippen LogP contribution in [-0.2, 0) is 6.42 Å². The van der Waals surface area contributed by atoms with Crippen LogP contribution in [0.15, 0.2) is 54.7 Å². The molecule has 0 aliphatic carbocycles. The number of aromatic nitrogens is 4. The molecular weight excluding hydrogens is 296 g/mol. The average molecular weight is 314 g/mol. The predicted molar refractivity (Wildman–Crippen MR) is 95.8 cm³/mol. The van der Waals surface area contributed by atoms with Gasteiger partial charge in [-0.25, -0.2) is 9.97 Å². The fraction of sp³-hybridized carbons (Fsp3) is 0.150. The number of hydrogen-bond acceptors (Lipinski definition) is 3. The molecule has 2 heterocycles. The van der Waals surface area contributed by atoms with E-state index in [4.69, 9.17) is 0 Å². The summed E-state index contributed by atoms with van der Waals surface area (Å²) in [5.41, 5.74) is 6.40. The molecule has 0 amide bonds. The van der Waals surface area contributed by atoms with Gasteiger partial charge in [-0.1, -0.05) is 42.5 Å². The first kappa shape index (κ1) is 14.6. The van der Waals surface area contributed by atoms with Crippen LogP contribution in [0.2, 0.25) is 0 Å². The number of hydrogen-bond donors (Lipinski definition) is 1. The molecule has 4 aromatic rings. The molecule has 0 radical (unpaired) electrons. The van der Waals surface area contributed by atoms with Crippen molar-refractivity contribution in [2.24, 2.45) is 0 Å². The Morgan fingerprint density at radius 3 is 2.58 bits per heavy atom. The average Bonchev–Trinajstić information content (AvgIpc) is 3.03. The van der Waals surface area contributed by atoms with E-state index >= 15 is 0 Å². The summed E-state index contributed by atoms with van der Waals surface area (Å²) in [5.74, 6) is 0.671. The summed E-state index contributed by atoms with van der Waals surface area (Å²) in [7, 11) is 0. The molecule has 2 aromatic carbocycles. The van der Waals surface area contributed by atoms with Crippen LogP contribution in [-0.4, -0.2) is 20.2 Å². The van der Waals surface area contributed by atoms with Gasteiger partial charge in [0.2, 0.25) is 0 Å². The zero-order valence-electron chi connectivity index (χ0n) is 13.7. The third-order valence-corrected chi connectivity index (χ3v) is 4.35. The largest absolute Gasteiger partial charge is 0.277 e. The molecule has 0 saturated heterocycles.